The lowest BCUT2D eigenvalue weighted by Crippen LogP contribution is -2.41. The van der Waals surface area contributed by atoms with E-state index in [2.05, 4.69) is 17.2 Å². The normalized spacial score (nSPS) is 17.1. The van der Waals surface area contributed by atoms with Gasteiger partial charge in [0.25, 0.3) is 11.8 Å². The Morgan fingerprint density at radius 3 is 2.41 bits per heavy atom. The Labute approximate surface area is 228 Å². The highest BCUT2D eigenvalue weighted by Gasteiger charge is 2.35. The van der Waals surface area contributed by atoms with Gasteiger partial charge in [-0.25, -0.2) is 4.68 Å². The average Bonchev–Trinajstić information content (AvgIpc) is 3.34. The van der Waals surface area contributed by atoms with Gasteiger partial charge in [0.05, 0.1) is 12.6 Å². The standard InChI is InChI=1S/C30H34N6O3/c1-34(2)18-6-9-26(37)35-19-15-21(16-20-35)25-14-17-32-30-27(29(31)38)28(33-36(25)30)22-10-12-24(13-11-22)39-23-7-4-3-5-8-23/h3-5,7-8,10-13,21,25,32H,14-20H2,1-2H3,(H2,31,38). The second-order valence-electron chi connectivity index (χ2n) is 10.3. The largest absolute Gasteiger partial charge is 0.457 e. The molecule has 2 amide bonds. The molecule has 3 heterocycles. The molecular formula is C30H34N6O3. The van der Waals surface area contributed by atoms with Crippen LogP contribution in [0.25, 0.3) is 11.3 Å². The highest BCUT2D eigenvalue weighted by Crippen LogP contribution is 2.40. The predicted molar refractivity (Wildman–Crippen MR) is 150 cm³/mol. The van der Waals surface area contributed by atoms with Crippen LogP contribution in [-0.4, -0.2) is 71.7 Å². The Hall–Kier alpha value is -4.29. The second-order valence-corrected chi connectivity index (χ2v) is 10.3. The molecule has 1 aromatic heterocycles. The number of hydrogen-bond donors (Lipinski definition) is 2. The third-order valence-electron chi connectivity index (χ3n) is 7.27. The van der Waals surface area contributed by atoms with Gasteiger partial charge in [0, 0.05) is 25.2 Å². The smallest absolute Gasteiger partial charge is 0.298 e. The van der Waals surface area contributed by atoms with Crippen LogP contribution in [0.4, 0.5) is 5.82 Å². The van der Waals surface area contributed by atoms with Gasteiger partial charge >= 0.3 is 0 Å². The Kier molecular flexibility index (Phi) is 7.84. The van der Waals surface area contributed by atoms with Crippen molar-refractivity contribution in [3.8, 4) is 34.6 Å². The van der Waals surface area contributed by atoms with Crippen LogP contribution < -0.4 is 15.8 Å². The van der Waals surface area contributed by atoms with E-state index in [0.717, 1.165) is 37.1 Å². The highest BCUT2D eigenvalue weighted by molar-refractivity contribution is 6.03. The zero-order chi connectivity index (χ0) is 27.4. The van der Waals surface area contributed by atoms with Crippen LogP contribution in [0.1, 0.15) is 35.7 Å². The molecule has 2 aliphatic rings. The lowest BCUT2D eigenvalue weighted by molar-refractivity contribution is -0.126. The number of amides is 2. The summed E-state index contributed by atoms with van der Waals surface area (Å²) in [5.74, 6) is 7.51. The van der Waals surface area contributed by atoms with Gasteiger partial charge < -0.3 is 20.7 Å². The molecule has 0 bridgehead atoms. The fourth-order valence-electron chi connectivity index (χ4n) is 5.32. The molecule has 0 radical (unpaired) electrons. The first kappa shape index (κ1) is 26.3. The number of primary amides is 1. The Morgan fingerprint density at radius 2 is 1.74 bits per heavy atom. The van der Waals surface area contributed by atoms with Crippen molar-refractivity contribution in [3.63, 3.8) is 0 Å². The van der Waals surface area contributed by atoms with Crippen LogP contribution in [0.3, 0.4) is 0 Å². The summed E-state index contributed by atoms with van der Waals surface area (Å²) in [5.41, 5.74) is 7.63. The van der Waals surface area contributed by atoms with Gasteiger partial charge in [-0.1, -0.05) is 24.1 Å². The number of carbonyl (C=O) groups is 2. The molecule has 0 aliphatic carbocycles. The molecule has 1 atom stereocenters. The predicted octanol–water partition coefficient (Wildman–Crippen LogP) is 3.60. The van der Waals surface area contributed by atoms with E-state index >= 15 is 0 Å². The maximum Gasteiger partial charge on any atom is 0.298 e. The van der Waals surface area contributed by atoms with Crippen molar-refractivity contribution < 1.29 is 14.3 Å². The lowest BCUT2D eigenvalue weighted by Gasteiger charge is -2.37. The Balaban J connectivity index is 1.33. The van der Waals surface area contributed by atoms with Crippen molar-refractivity contribution >= 4 is 17.6 Å². The maximum atomic E-state index is 12.6. The number of nitrogens with zero attached hydrogens (tertiary/aromatic N) is 4. The maximum absolute atomic E-state index is 12.6. The number of anilines is 1. The van der Waals surface area contributed by atoms with Gasteiger partial charge in [-0.3, -0.25) is 14.5 Å². The molecule has 9 nitrogen and oxygen atoms in total. The molecular weight excluding hydrogens is 492 g/mol. The highest BCUT2D eigenvalue weighted by atomic mass is 16.5. The minimum absolute atomic E-state index is 0.113. The number of likely N-dealkylation sites (tertiary alicyclic amines) is 1. The molecule has 2 aliphatic heterocycles. The van der Waals surface area contributed by atoms with E-state index in [1.54, 1.807) is 0 Å². The fraction of sp³-hybridized carbons (Fsp3) is 0.367. The molecule has 1 fully saturated rings. The first-order valence-corrected chi connectivity index (χ1v) is 13.3. The number of benzene rings is 2. The molecule has 0 saturated carbocycles. The second kappa shape index (κ2) is 11.6. The van der Waals surface area contributed by atoms with Crippen molar-refractivity contribution in [3.05, 3.63) is 60.2 Å². The monoisotopic (exact) mass is 526 g/mol. The average molecular weight is 527 g/mol. The number of hydrogen-bond acceptors (Lipinski definition) is 6. The summed E-state index contributed by atoms with van der Waals surface area (Å²) in [4.78, 5) is 28.9. The van der Waals surface area contributed by atoms with Gasteiger partial charge in [0.1, 0.15) is 28.6 Å². The number of aromatic nitrogens is 2. The summed E-state index contributed by atoms with van der Waals surface area (Å²) in [6, 6.07) is 17.2. The molecule has 1 saturated heterocycles. The van der Waals surface area contributed by atoms with Gasteiger partial charge in [-0.2, -0.15) is 5.10 Å². The quantitative estimate of drug-likeness (QED) is 0.476. The molecule has 5 rings (SSSR count). The number of fused-ring (bicyclic) bond motifs is 1. The molecule has 9 heteroatoms. The number of carbonyl (C=O) groups excluding carboxylic acids is 2. The Bertz CT molecular complexity index is 1380. The van der Waals surface area contributed by atoms with Gasteiger partial charge in [0.15, 0.2) is 0 Å². The van der Waals surface area contributed by atoms with Gasteiger partial charge in [0.2, 0.25) is 0 Å². The molecule has 2 aromatic carbocycles. The molecule has 202 valence electrons. The number of ether oxygens (including phenoxy) is 1. The summed E-state index contributed by atoms with van der Waals surface area (Å²) >= 11 is 0. The van der Waals surface area contributed by atoms with Gasteiger partial charge in [-0.15, -0.1) is 0 Å². The van der Waals surface area contributed by atoms with Crippen LogP contribution in [0, 0.1) is 17.8 Å². The topological polar surface area (TPSA) is 106 Å². The number of para-hydroxylation sites is 1. The molecule has 1 unspecified atom stereocenters. The summed E-state index contributed by atoms with van der Waals surface area (Å²) in [7, 11) is 3.86. The summed E-state index contributed by atoms with van der Waals surface area (Å²) in [6.07, 6.45) is 2.60. The third kappa shape index (κ3) is 5.91. The number of nitrogens with one attached hydrogen (secondary N) is 1. The van der Waals surface area contributed by atoms with Crippen molar-refractivity contribution in [1.29, 1.82) is 0 Å². The van der Waals surface area contributed by atoms with E-state index in [1.165, 1.54) is 0 Å². The zero-order valence-corrected chi connectivity index (χ0v) is 22.4. The number of rotatable bonds is 6. The van der Waals surface area contributed by atoms with Crippen LogP contribution in [0.2, 0.25) is 0 Å². The lowest BCUT2D eigenvalue weighted by atomic mass is 9.87. The van der Waals surface area contributed by atoms with Crippen molar-refractivity contribution in [1.82, 2.24) is 19.6 Å². The van der Waals surface area contributed by atoms with Crippen molar-refractivity contribution in [2.24, 2.45) is 11.7 Å². The van der Waals surface area contributed by atoms with E-state index in [-0.39, 0.29) is 11.9 Å². The van der Waals surface area contributed by atoms with Crippen LogP contribution in [0.15, 0.2) is 54.6 Å². The summed E-state index contributed by atoms with van der Waals surface area (Å²) in [6.45, 7) is 2.62. The number of piperidine rings is 1. The zero-order valence-electron chi connectivity index (χ0n) is 22.4. The van der Waals surface area contributed by atoms with Gasteiger partial charge in [-0.05, 0) is 81.6 Å². The first-order valence-electron chi connectivity index (χ1n) is 13.3. The molecule has 3 N–H and O–H groups in total. The first-order chi connectivity index (χ1) is 18.9. The van der Waals surface area contributed by atoms with Crippen molar-refractivity contribution in [2.45, 2.75) is 25.3 Å². The minimum Gasteiger partial charge on any atom is -0.457 e. The van der Waals surface area contributed by atoms with E-state index < -0.39 is 5.91 Å². The van der Waals surface area contributed by atoms with E-state index in [1.807, 2.05) is 83.2 Å². The van der Waals surface area contributed by atoms with Crippen molar-refractivity contribution in [2.75, 3.05) is 45.6 Å². The molecule has 39 heavy (non-hydrogen) atoms. The molecule has 3 aromatic rings. The van der Waals surface area contributed by atoms with E-state index in [0.29, 0.717) is 48.4 Å². The number of nitrogens with two attached hydrogens (primary N) is 1. The molecule has 0 spiro atoms. The fourth-order valence-corrected chi connectivity index (χ4v) is 5.32. The summed E-state index contributed by atoms with van der Waals surface area (Å²) < 4.78 is 7.86. The van der Waals surface area contributed by atoms with Crippen LogP contribution in [-0.2, 0) is 4.79 Å². The Morgan fingerprint density at radius 1 is 1.05 bits per heavy atom. The summed E-state index contributed by atoms with van der Waals surface area (Å²) in [5, 5.41) is 8.29. The van der Waals surface area contributed by atoms with Crippen LogP contribution in [0.5, 0.6) is 11.5 Å². The minimum atomic E-state index is -0.513. The van der Waals surface area contributed by atoms with E-state index in [4.69, 9.17) is 15.6 Å². The van der Waals surface area contributed by atoms with Crippen LogP contribution >= 0.6 is 0 Å². The van der Waals surface area contributed by atoms with E-state index in [9.17, 15) is 9.59 Å². The SMILES string of the molecule is CN(C)CC#CC(=O)N1CCC(C2CCNc3c(C(N)=O)c(-c4ccc(Oc5ccccc5)cc4)nn32)CC1. The third-order valence-corrected chi connectivity index (χ3v) is 7.27.